The maximum absolute atomic E-state index is 10.1. The SMILES string of the molecule is Cc1ncc(NNC(=O)O)c(C)n1. The first-order valence-electron chi connectivity index (χ1n) is 3.65. The Morgan fingerprint density at radius 3 is 2.77 bits per heavy atom. The lowest BCUT2D eigenvalue weighted by Crippen LogP contribution is -2.28. The van der Waals surface area contributed by atoms with E-state index in [1.54, 1.807) is 13.8 Å². The fourth-order valence-corrected chi connectivity index (χ4v) is 0.827. The first kappa shape index (κ1) is 9.24. The summed E-state index contributed by atoms with van der Waals surface area (Å²) in [5, 5.41) is 8.31. The Morgan fingerprint density at radius 2 is 2.23 bits per heavy atom. The number of hydrogen-bond donors (Lipinski definition) is 3. The number of nitrogens with zero attached hydrogens (tertiary/aromatic N) is 2. The lowest BCUT2D eigenvalue weighted by molar-refractivity contribution is 0.197. The van der Waals surface area contributed by atoms with E-state index in [0.717, 1.165) is 0 Å². The molecule has 1 heterocycles. The Kier molecular flexibility index (Phi) is 2.63. The summed E-state index contributed by atoms with van der Waals surface area (Å²) < 4.78 is 0. The van der Waals surface area contributed by atoms with E-state index in [4.69, 9.17) is 5.11 Å². The lowest BCUT2D eigenvalue weighted by Gasteiger charge is -2.07. The van der Waals surface area contributed by atoms with Crippen molar-refractivity contribution in [1.82, 2.24) is 15.4 Å². The van der Waals surface area contributed by atoms with Crippen molar-refractivity contribution in [2.75, 3.05) is 5.43 Å². The van der Waals surface area contributed by atoms with Gasteiger partial charge in [0.15, 0.2) is 0 Å². The summed E-state index contributed by atoms with van der Waals surface area (Å²) in [5.41, 5.74) is 5.72. The summed E-state index contributed by atoms with van der Waals surface area (Å²) >= 11 is 0. The molecule has 0 aliphatic carbocycles. The molecule has 0 radical (unpaired) electrons. The third-order valence-electron chi connectivity index (χ3n) is 1.40. The Labute approximate surface area is 75.0 Å². The van der Waals surface area contributed by atoms with Gasteiger partial charge in [0.25, 0.3) is 0 Å². The van der Waals surface area contributed by atoms with E-state index in [9.17, 15) is 4.79 Å². The van der Waals surface area contributed by atoms with Crippen molar-refractivity contribution in [1.29, 1.82) is 0 Å². The summed E-state index contributed by atoms with van der Waals surface area (Å²) in [6.45, 7) is 3.53. The van der Waals surface area contributed by atoms with Crippen LogP contribution in [-0.2, 0) is 0 Å². The number of carbonyl (C=O) groups is 1. The van der Waals surface area contributed by atoms with Gasteiger partial charge in [-0.3, -0.25) is 5.43 Å². The largest absolute Gasteiger partial charge is 0.464 e. The maximum Gasteiger partial charge on any atom is 0.423 e. The number of carboxylic acid groups (broad SMARTS) is 1. The van der Waals surface area contributed by atoms with Crippen molar-refractivity contribution >= 4 is 11.8 Å². The molecule has 0 aromatic carbocycles. The van der Waals surface area contributed by atoms with Crippen LogP contribution >= 0.6 is 0 Å². The zero-order valence-electron chi connectivity index (χ0n) is 7.33. The highest BCUT2D eigenvalue weighted by atomic mass is 16.4. The van der Waals surface area contributed by atoms with E-state index in [-0.39, 0.29) is 0 Å². The smallest absolute Gasteiger partial charge is 0.423 e. The zero-order chi connectivity index (χ0) is 9.84. The topological polar surface area (TPSA) is 87.1 Å². The Morgan fingerprint density at radius 1 is 1.54 bits per heavy atom. The molecule has 0 fully saturated rings. The number of aromatic nitrogens is 2. The van der Waals surface area contributed by atoms with E-state index < -0.39 is 6.09 Å². The predicted molar refractivity (Wildman–Crippen MR) is 46.3 cm³/mol. The van der Waals surface area contributed by atoms with Gasteiger partial charge in [-0.05, 0) is 13.8 Å². The maximum atomic E-state index is 10.1. The minimum Gasteiger partial charge on any atom is -0.464 e. The molecular weight excluding hydrogens is 172 g/mol. The van der Waals surface area contributed by atoms with E-state index >= 15 is 0 Å². The number of nitrogens with one attached hydrogen (secondary N) is 2. The van der Waals surface area contributed by atoms with Gasteiger partial charge in [0.1, 0.15) is 5.82 Å². The predicted octanol–water partition coefficient (Wildman–Crippen LogP) is 0.688. The average Bonchev–Trinajstić information content (AvgIpc) is 2.02. The Hall–Kier alpha value is -1.85. The molecule has 6 nitrogen and oxygen atoms in total. The van der Waals surface area contributed by atoms with Crippen LogP contribution < -0.4 is 10.9 Å². The molecule has 0 atom stereocenters. The fourth-order valence-electron chi connectivity index (χ4n) is 0.827. The number of rotatable bonds is 2. The van der Waals surface area contributed by atoms with Gasteiger partial charge in [-0.15, -0.1) is 0 Å². The molecule has 3 N–H and O–H groups in total. The monoisotopic (exact) mass is 182 g/mol. The molecule has 1 rings (SSSR count). The van der Waals surface area contributed by atoms with Crippen molar-refractivity contribution < 1.29 is 9.90 Å². The molecule has 1 amide bonds. The Balaban J connectivity index is 2.72. The zero-order valence-corrected chi connectivity index (χ0v) is 7.33. The van der Waals surface area contributed by atoms with Crippen LogP contribution in [0.4, 0.5) is 10.5 Å². The molecule has 70 valence electrons. The van der Waals surface area contributed by atoms with Crippen LogP contribution in [-0.4, -0.2) is 21.2 Å². The van der Waals surface area contributed by atoms with Crippen LogP contribution in [0.25, 0.3) is 0 Å². The molecule has 0 saturated heterocycles. The van der Waals surface area contributed by atoms with Crippen LogP contribution in [0.3, 0.4) is 0 Å². The van der Waals surface area contributed by atoms with Crippen molar-refractivity contribution in [2.24, 2.45) is 0 Å². The van der Waals surface area contributed by atoms with Crippen molar-refractivity contribution in [3.8, 4) is 0 Å². The van der Waals surface area contributed by atoms with Gasteiger partial charge < -0.3 is 5.11 Å². The van der Waals surface area contributed by atoms with Crippen molar-refractivity contribution in [3.63, 3.8) is 0 Å². The van der Waals surface area contributed by atoms with Crippen molar-refractivity contribution in [3.05, 3.63) is 17.7 Å². The van der Waals surface area contributed by atoms with Crippen LogP contribution in [0, 0.1) is 13.8 Å². The molecule has 0 aliphatic rings. The molecule has 0 unspecified atom stereocenters. The highest BCUT2D eigenvalue weighted by Gasteiger charge is 2.00. The third kappa shape index (κ3) is 2.58. The minimum atomic E-state index is -1.15. The van der Waals surface area contributed by atoms with E-state index in [0.29, 0.717) is 17.2 Å². The summed E-state index contributed by atoms with van der Waals surface area (Å²) in [6.07, 6.45) is 0.369. The van der Waals surface area contributed by atoms with Gasteiger partial charge >= 0.3 is 6.09 Å². The second kappa shape index (κ2) is 3.70. The average molecular weight is 182 g/mol. The standard InChI is InChI=1S/C7H10N4O2/c1-4-6(10-11-7(12)13)3-8-5(2)9-4/h3,10-11H,1-2H3,(H,12,13). The number of hydrogen-bond acceptors (Lipinski definition) is 4. The van der Waals surface area contributed by atoms with Gasteiger partial charge in [0.2, 0.25) is 0 Å². The number of hydrazine groups is 1. The summed E-state index contributed by atoms with van der Waals surface area (Å²) in [6, 6.07) is 0. The number of aryl methyl sites for hydroxylation is 2. The molecule has 1 aromatic rings. The van der Waals surface area contributed by atoms with Gasteiger partial charge in [-0.2, -0.15) is 0 Å². The second-order valence-electron chi connectivity index (χ2n) is 2.47. The molecular formula is C7H10N4O2. The van der Waals surface area contributed by atoms with Crippen LogP contribution in [0.2, 0.25) is 0 Å². The molecule has 0 spiro atoms. The lowest BCUT2D eigenvalue weighted by atomic mass is 10.4. The first-order chi connectivity index (χ1) is 6.09. The van der Waals surface area contributed by atoms with E-state index in [1.165, 1.54) is 6.20 Å². The molecule has 6 heteroatoms. The van der Waals surface area contributed by atoms with Gasteiger partial charge in [0.05, 0.1) is 17.6 Å². The third-order valence-corrected chi connectivity index (χ3v) is 1.40. The Bertz CT molecular complexity index is 326. The highest BCUT2D eigenvalue weighted by molar-refractivity contribution is 5.67. The summed E-state index contributed by atoms with van der Waals surface area (Å²) in [4.78, 5) is 18.1. The van der Waals surface area contributed by atoms with Gasteiger partial charge in [-0.1, -0.05) is 0 Å². The molecule has 0 aliphatic heterocycles. The van der Waals surface area contributed by atoms with Crippen molar-refractivity contribution in [2.45, 2.75) is 13.8 Å². The molecule has 13 heavy (non-hydrogen) atoms. The van der Waals surface area contributed by atoms with E-state index in [1.807, 2.05) is 5.43 Å². The molecule has 1 aromatic heterocycles. The van der Waals surface area contributed by atoms with Gasteiger partial charge in [0, 0.05) is 0 Å². The van der Waals surface area contributed by atoms with E-state index in [2.05, 4.69) is 15.4 Å². The first-order valence-corrected chi connectivity index (χ1v) is 3.65. The highest BCUT2D eigenvalue weighted by Crippen LogP contribution is 2.08. The van der Waals surface area contributed by atoms with Gasteiger partial charge in [-0.25, -0.2) is 20.2 Å². The minimum absolute atomic E-state index is 0.549. The summed E-state index contributed by atoms with van der Waals surface area (Å²) in [7, 11) is 0. The quantitative estimate of drug-likeness (QED) is 0.585. The van der Waals surface area contributed by atoms with Crippen LogP contribution in [0.1, 0.15) is 11.5 Å². The number of anilines is 1. The van der Waals surface area contributed by atoms with Crippen LogP contribution in [0.15, 0.2) is 6.20 Å². The fraction of sp³-hybridized carbons (Fsp3) is 0.286. The second-order valence-corrected chi connectivity index (χ2v) is 2.47. The van der Waals surface area contributed by atoms with Crippen LogP contribution in [0.5, 0.6) is 0 Å². The normalized spacial score (nSPS) is 9.38. The molecule has 0 saturated carbocycles. The molecule has 0 bridgehead atoms. The number of amides is 1. The summed E-state index contributed by atoms with van der Waals surface area (Å²) in [5.74, 6) is 0.651.